The summed E-state index contributed by atoms with van der Waals surface area (Å²) in [6.07, 6.45) is -3.93. The smallest absolute Gasteiger partial charge is 0.138 e. The molecule has 7 heteroatoms. The third-order valence-corrected chi connectivity index (χ3v) is 4.25. The predicted molar refractivity (Wildman–Crippen MR) is 66.3 cm³/mol. The number of nitrogens with zero attached hydrogens (tertiary/aromatic N) is 1. The van der Waals surface area contributed by atoms with Crippen molar-refractivity contribution < 1.29 is 24.4 Å². The molecule has 19 heavy (non-hydrogen) atoms. The largest absolute Gasteiger partial charge is 0.394 e. The third-order valence-electron chi connectivity index (χ3n) is 3.15. The Morgan fingerprint density at radius 2 is 2.11 bits per heavy atom. The molecular weight excluding hydrogens is 273 g/mol. The molecule has 0 radical (unpaired) electrons. The summed E-state index contributed by atoms with van der Waals surface area (Å²) >= 11 is 1.27. The van der Waals surface area contributed by atoms with E-state index in [4.69, 9.17) is 9.84 Å². The molecule has 4 atom stereocenters. The molecule has 1 aliphatic heterocycles. The minimum atomic E-state index is -1.15. The second kappa shape index (κ2) is 4.77. The lowest BCUT2D eigenvalue weighted by Crippen LogP contribution is -2.32. The van der Waals surface area contributed by atoms with E-state index in [1.165, 1.54) is 23.5 Å². The van der Waals surface area contributed by atoms with Gasteiger partial charge in [0.1, 0.15) is 35.2 Å². The van der Waals surface area contributed by atoms with Gasteiger partial charge in [-0.3, -0.25) is 0 Å². The van der Waals surface area contributed by atoms with Crippen molar-refractivity contribution in [1.82, 2.24) is 4.98 Å². The Labute approximate surface area is 111 Å². The van der Waals surface area contributed by atoms with Gasteiger partial charge < -0.3 is 20.1 Å². The number of aliphatic hydroxyl groups excluding tert-OH is 3. The fraction of sp³-hybridized carbons (Fsp3) is 0.417. The first-order valence-corrected chi connectivity index (χ1v) is 6.60. The lowest BCUT2D eigenvalue weighted by molar-refractivity contribution is -0.0227. The van der Waals surface area contributed by atoms with Crippen LogP contribution in [0.3, 0.4) is 0 Å². The summed E-state index contributed by atoms with van der Waals surface area (Å²) in [4.78, 5) is 4.21. The van der Waals surface area contributed by atoms with Crippen molar-refractivity contribution in [3.63, 3.8) is 0 Å². The molecule has 3 N–H and O–H groups in total. The molecular formula is C12H12FNO4S. The van der Waals surface area contributed by atoms with Gasteiger partial charge in [0.05, 0.1) is 16.8 Å². The van der Waals surface area contributed by atoms with Crippen LogP contribution in [-0.2, 0) is 4.74 Å². The second-order valence-electron chi connectivity index (χ2n) is 4.42. The van der Waals surface area contributed by atoms with Crippen LogP contribution in [0.25, 0.3) is 10.2 Å². The summed E-state index contributed by atoms with van der Waals surface area (Å²) in [5, 5.41) is 29.1. The van der Waals surface area contributed by atoms with E-state index in [2.05, 4.69) is 4.98 Å². The number of aromatic nitrogens is 1. The molecule has 0 unspecified atom stereocenters. The molecule has 1 fully saturated rings. The summed E-state index contributed by atoms with van der Waals surface area (Å²) < 4.78 is 19.2. The normalized spacial score (nSPS) is 31.2. The van der Waals surface area contributed by atoms with Gasteiger partial charge in [-0.25, -0.2) is 9.37 Å². The lowest BCUT2D eigenvalue weighted by Gasteiger charge is -2.11. The first kappa shape index (κ1) is 12.9. The summed E-state index contributed by atoms with van der Waals surface area (Å²) in [7, 11) is 0. The molecule has 3 rings (SSSR count). The number of hydrogen-bond donors (Lipinski definition) is 3. The van der Waals surface area contributed by atoms with E-state index >= 15 is 0 Å². The first-order valence-electron chi connectivity index (χ1n) is 5.78. The Balaban J connectivity index is 1.96. The Bertz CT molecular complexity index is 604. The summed E-state index contributed by atoms with van der Waals surface area (Å²) in [5.41, 5.74) is 0.484. The zero-order valence-electron chi connectivity index (χ0n) is 9.73. The zero-order valence-corrected chi connectivity index (χ0v) is 10.5. The predicted octanol–water partition coefficient (Wildman–Crippen LogP) is 0.589. The molecule has 1 saturated heterocycles. The number of aliphatic hydroxyl groups is 3. The molecule has 1 aromatic carbocycles. The Morgan fingerprint density at radius 1 is 1.32 bits per heavy atom. The van der Waals surface area contributed by atoms with Gasteiger partial charge in [0.25, 0.3) is 0 Å². The lowest BCUT2D eigenvalue weighted by atomic mass is 10.1. The number of fused-ring (bicyclic) bond motifs is 1. The maximum absolute atomic E-state index is 13.1. The fourth-order valence-corrected chi connectivity index (χ4v) is 3.17. The number of rotatable bonds is 2. The maximum Gasteiger partial charge on any atom is 0.138 e. The SMILES string of the molecule is OC[C@H]1O[C@@H](c2nc3cc(F)ccc3s2)[C@H](O)[C@@H]1O. The molecule has 0 aliphatic carbocycles. The van der Waals surface area contributed by atoms with Gasteiger partial charge in [0.15, 0.2) is 0 Å². The Kier molecular flexibility index (Phi) is 3.23. The third kappa shape index (κ3) is 2.13. The van der Waals surface area contributed by atoms with Gasteiger partial charge in [-0.2, -0.15) is 0 Å². The van der Waals surface area contributed by atoms with Gasteiger partial charge in [0.2, 0.25) is 0 Å². The maximum atomic E-state index is 13.1. The second-order valence-corrected chi connectivity index (χ2v) is 5.49. The zero-order chi connectivity index (χ0) is 13.6. The van der Waals surface area contributed by atoms with Crippen LogP contribution in [-0.4, -0.2) is 45.2 Å². The van der Waals surface area contributed by atoms with E-state index in [1.54, 1.807) is 6.07 Å². The molecule has 2 heterocycles. The van der Waals surface area contributed by atoms with Crippen LogP contribution < -0.4 is 0 Å². The topological polar surface area (TPSA) is 82.8 Å². The highest BCUT2D eigenvalue weighted by Crippen LogP contribution is 2.37. The van der Waals surface area contributed by atoms with Gasteiger partial charge in [-0.15, -0.1) is 11.3 Å². The highest BCUT2D eigenvalue weighted by Gasteiger charge is 2.44. The van der Waals surface area contributed by atoms with Crippen molar-refractivity contribution in [1.29, 1.82) is 0 Å². The van der Waals surface area contributed by atoms with Crippen molar-refractivity contribution >= 4 is 21.6 Å². The van der Waals surface area contributed by atoms with Crippen molar-refractivity contribution in [3.8, 4) is 0 Å². The van der Waals surface area contributed by atoms with Crippen LogP contribution in [0.5, 0.6) is 0 Å². The van der Waals surface area contributed by atoms with E-state index in [1.807, 2.05) is 0 Å². The molecule has 2 aromatic rings. The Hall–Kier alpha value is -1.12. The van der Waals surface area contributed by atoms with E-state index in [0.29, 0.717) is 10.5 Å². The van der Waals surface area contributed by atoms with Crippen LogP contribution in [0.2, 0.25) is 0 Å². The number of ether oxygens (including phenoxy) is 1. The number of hydrogen-bond acceptors (Lipinski definition) is 6. The molecule has 1 aliphatic rings. The van der Waals surface area contributed by atoms with E-state index < -0.39 is 24.4 Å². The molecule has 1 aromatic heterocycles. The number of halogens is 1. The average molecular weight is 285 g/mol. The molecule has 0 saturated carbocycles. The van der Waals surface area contributed by atoms with E-state index in [9.17, 15) is 14.6 Å². The fourth-order valence-electron chi connectivity index (χ4n) is 2.14. The van der Waals surface area contributed by atoms with Gasteiger partial charge >= 0.3 is 0 Å². The van der Waals surface area contributed by atoms with Crippen LogP contribution in [0.15, 0.2) is 18.2 Å². The van der Waals surface area contributed by atoms with Gasteiger partial charge in [-0.05, 0) is 12.1 Å². The molecule has 5 nitrogen and oxygen atoms in total. The minimum Gasteiger partial charge on any atom is -0.394 e. The standard InChI is InChI=1S/C12H12FNO4S/c13-5-1-2-8-6(3-5)14-12(19-8)11-10(17)9(16)7(4-15)18-11/h1-3,7,9-11,15-17H,4H2/t7-,9-,10-,11-/m1/s1. The minimum absolute atomic E-state index is 0.381. The van der Waals surface area contributed by atoms with Crippen molar-refractivity contribution in [2.45, 2.75) is 24.4 Å². The molecule has 0 amide bonds. The average Bonchev–Trinajstić information content (AvgIpc) is 2.92. The summed E-state index contributed by atoms with van der Waals surface area (Å²) in [6.45, 7) is -0.381. The van der Waals surface area contributed by atoms with E-state index in [0.717, 1.165) is 4.70 Å². The van der Waals surface area contributed by atoms with Crippen LogP contribution in [0.4, 0.5) is 4.39 Å². The van der Waals surface area contributed by atoms with E-state index in [-0.39, 0.29) is 12.4 Å². The van der Waals surface area contributed by atoms with Crippen molar-refractivity contribution in [2.24, 2.45) is 0 Å². The number of thiazole rings is 1. The van der Waals surface area contributed by atoms with Crippen LogP contribution in [0.1, 0.15) is 11.1 Å². The monoisotopic (exact) mass is 285 g/mol. The van der Waals surface area contributed by atoms with Gasteiger partial charge in [0, 0.05) is 6.07 Å². The van der Waals surface area contributed by atoms with Crippen molar-refractivity contribution in [3.05, 3.63) is 29.0 Å². The summed E-state index contributed by atoms with van der Waals surface area (Å²) in [5.74, 6) is -0.384. The molecule has 0 spiro atoms. The summed E-state index contributed by atoms with van der Waals surface area (Å²) in [6, 6.07) is 4.24. The van der Waals surface area contributed by atoms with Crippen molar-refractivity contribution in [2.75, 3.05) is 6.61 Å². The molecule has 102 valence electrons. The van der Waals surface area contributed by atoms with Gasteiger partial charge in [-0.1, -0.05) is 0 Å². The highest BCUT2D eigenvalue weighted by molar-refractivity contribution is 7.18. The highest BCUT2D eigenvalue weighted by atomic mass is 32.1. The molecule has 0 bridgehead atoms. The van der Waals surface area contributed by atoms with Crippen LogP contribution >= 0.6 is 11.3 Å². The first-order chi connectivity index (χ1) is 9.10. The van der Waals surface area contributed by atoms with Crippen LogP contribution in [0, 0.1) is 5.82 Å². The number of benzene rings is 1. The quantitative estimate of drug-likeness (QED) is 0.752. The Morgan fingerprint density at radius 3 is 2.79 bits per heavy atom.